The zero-order valence-electron chi connectivity index (χ0n) is 13.5. The largest absolute Gasteiger partial charge is 0.339 e. The highest BCUT2D eigenvalue weighted by Crippen LogP contribution is 2.12. The van der Waals surface area contributed by atoms with Gasteiger partial charge in [-0.1, -0.05) is 0 Å². The monoisotopic (exact) mass is 303 g/mol. The van der Waals surface area contributed by atoms with Gasteiger partial charge in [0.1, 0.15) is 0 Å². The summed E-state index contributed by atoms with van der Waals surface area (Å²) in [6.45, 7) is 7.78. The Kier molecular flexibility index (Phi) is 5.95. The van der Waals surface area contributed by atoms with Crippen LogP contribution < -0.4 is 5.32 Å². The van der Waals surface area contributed by atoms with Gasteiger partial charge in [0.15, 0.2) is 0 Å². The normalized spacial score (nSPS) is 14.8. The summed E-state index contributed by atoms with van der Waals surface area (Å²) >= 11 is 0. The quantitative estimate of drug-likeness (QED) is 0.876. The van der Waals surface area contributed by atoms with Crippen molar-refractivity contribution in [1.82, 2.24) is 9.80 Å². The lowest BCUT2D eigenvalue weighted by Crippen LogP contribution is -2.31. The average Bonchev–Trinajstić information content (AvgIpc) is 3.02. The molecule has 1 N–H and O–H groups in total. The lowest BCUT2D eigenvalue weighted by molar-refractivity contribution is -0.117. The maximum atomic E-state index is 12.2. The van der Waals surface area contributed by atoms with Crippen LogP contribution in [0.1, 0.15) is 37.0 Å². The Bertz CT molecular complexity index is 503. The van der Waals surface area contributed by atoms with Gasteiger partial charge in [-0.3, -0.25) is 14.5 Å². The van der Waals surface area contributed by atoms with Gasteiger partial charge in [-0.15, -0.1) is 0 Å². The van der Waals surface area contributed by atoms with Crippen molar-refractivity contribution < 1.29 is 9.59 Å². The number of hydrogen-bond acceptors (Lipinski definition) is 3. The van der Waals surface area contributed by atoms with E-state index >= 15 is 0 Å². The number of hydrogen-bond donors (Lipinski definition) is 1. The number of carbonyl (C=O) groups is 2. The summed E-state index contributed by atoms with van der Waals surface area (Å²) in [4.78, 5) is 28.1. The zero-order chi connectivity index (χ0) is 15.9. The van der Waals surface area contributed by atoms with Crippen LogP contribution in [0.25, 0.3) is 0 Å². The van der Waals surface area contributed by atoms with Crippen molar-refractivity contribution in [2.45, 2.75) is 26.7 Å². The van der Waals surface area contributed by atoms with Gasteiger partial charge in [-0.2, -0.15) is 0 Å². The standard InChI is InChI=1S/C17H25N3O2/c1-3-20(4-2)17(22)14-7-9-15(10-8-14)18-16(21)13-19-11-5-6-12-19/h7-10H,3-6,11-13H2,1-2H3,(H,18,21). The van der Waals surface area contributed by atoms with Crippen LogP contribution in [-0.4, -0.2) is 54.3 Å². The van der Waals surface area contributed by atoms with Crippen LogP contribution in [0.15, 0.2) is 24.3 Å². The number of anilines is 1. The van der Waals surface area contributed by atoms with E-state index in [0.717, 1.165) is 18.8 Å². The Morgan fingerprint density at radius 2 is 1.68 bits per heavy atom. The number of benzene rings is 1. The van der Waals surface area contributed by atoms with Crippen molar-refractivity contribution in [3.63, 3.8) is 0 Å². The molecule has 22 heavy (non-hydrogen) atoms. The van der Waals surface area contributed by atoms with E-state index in [0.29, 0.717) is 25.2 Å². The van der Waals surface area contributed by atoms with Crippen molar-refractivity contribution >= 4 is 17.5 Å². The molecule has 0 spiro atoms. The van der Waals surface area contributed by atoms with E-state index in [-0.39, 0.29) is 11.8 Å². The Morgan fingerprint density at radius 1 is 1.09 bits per heavy atom. The van der Waals surface area contributed by atoms with Crippen LogP contribution in [-0.2, 0) is 4.79 Å². The zero-order valence-corrected chi connectivity index (χ0v) is 13.5. The van der Waals surface area contributed by atoms with Crippen molar-refractivity contribution in [2.24, 2.45) is 0 Å². The molecule has 0 radical (unpaired) electrons. The minimum absolute atomic E-state index is 0.00437. The molecule has 5 heteroatoms. The predicted molar refractivity (Wildman–Crippen MR) is 88.0 cm³/mol. The van der Waals surface area contributed by atoms with E-state index in [4.69, 9.17) is 0 Å². The van der Waals surface area contributed by atoms with E-state index in [1.807, 2.05) is 13.8 Å². The molecule has 5 nitrogen and oxygen atoms in total. The highest BCUT2D eigenvalue weighted by atomic mass is 16.2. The Balaban J connectivity index is 1.90. The summed E-state index contributed by atoms with van der Waals surface area (Å²) in [5.41, 5.74) is 1.39. The molecule has 0 aliphatic carbocycles. The summed E-state index contributed by atoms with van der Waals surface area (Å²) in [5, 5.41) is 2.89. The van der Waals surface area contributed by atoms with E-state index < -0.39 is 0 Å². The minimum Gasteiger partial charge on any atom is -0.339 e. The number of nitrogens with zero attached hydrogens (tertiary/aromatic N) is 2. The Labute approximate surface area is 132 Å². The van der Waals surface area contributed by atoms with Gasteiger partial charge in [0.2, 0.25) is 5.91 Å². The lowest BCUT2D eigenvalue weighted by Gasteiger charge is -2.18. The molecule has 0 bridgehead atoms. The van der Waals surface area contributed by atoms with Crippen molar-refractivity contribution in [2.75, 3.05) is 38.0 Å². The number of nitrogens with one attached hydrogen (secondary N) is 1. The maximum Gasteiger partial charge on any atom is 0.253 e. The molecule has 1 aromatic carbocycles. The third-order valence-corrected chi connectivity index (χ3v) is 4.03. The highest BCUT2D eigenvalue weighted by molar-refractivity contribution is 5.96. The second-order valence-corrected chi connectivity index (χ2v) is 5.59. The molecule has 0 saturated carbocycles. The van der Waals surface area contributed by atoms with Crippen LogP contribution in [0.3, 0.4) is 0 Å². The first kappa shape index (κ1) is 16.5. The molecular formula is C17H25N3O2. The SMILES string of the molecule is CCN(CC)C(=O)c1ccc(NC(=O)CN2CCCC2)cc1. The van der Waals surface area contributed by atoms with Gasteiger partial charge in [0, 0.05) is 24.3 Å². The average molecular weight is 303 g/mol. The molecule has 1 aliphatic heterocycles. The van der Waals surface area contributed by atoms with Crippen LogP contribution >= 0.6 is 0 Å². The Morgan fingerprint density at radius 3 is 2.23 bits per heavy atom. The molecule has 0 atom stereocenters. The van der Waals surface area contributed by atoms with Crippen molar-refractivity contribution in [3.8, 4) is 0 Å². The molecule has 1 aromatic rings. The first-order chi connectivity index (χ1) is 10.6. The Hall–Kier alpha value is -1.88. The number of likely N-dealkylation sites (tertiary alicyclic amines) is 1. The molecule has 120 valence electrons. The molecule has 1 aliphatic rings. The summed E-state index contributed by atoms with van der Waals surface area (Å²) in [7, 11) is 0. The van der Waals surface area contributed by atoms with Crippen LogP contribution in [0, 0.1) is 0 Å². The van der Waals surface area contributed by atoms with Crippen LogP contribution in [0.5, 0.6) is 0 Å². The molecule has 2 rings (SSSR count). The smallest absolute Gasteiger partial charge is 0.253 e. The first-order valence-electron chi connectivity index (χ1n) is 8.05. The van der Waals surface area contributed by atoms with Crippen LogP contribution in [0.2, 0.25) is 0 Å². The predicted octanol–water partition coefficient (Wildman–Crippen LogP) is 2.20. The van der Waals surface area contributed by atoms with Crippen LogP contribution in [0.4, 0.5) is 5.69 Å². The van der Waals surface area contributed by atoms with E-state index in [1.165, 1.54) is 12.8 Å². The molecule has 2 amide bonds. The summed E-state index contributed by atoms with van der Waals surface area (Å²) in [5.74, 6) is 0.0321. The number of rotatable bonds is 6. The topological polar surface area (TPSA) is 52.7 Å². The second-order valence-electron chi connectivity index (χ2n) is 5.59. The van der Waals surface area contributed by atoms with E-state index in [2.05, 4.69) is 10.2 Å². The van der Waals surface area contributed by atoms with Gasteiger partial charge in [-0.25, -0.2) is 0 Å². The molecule has 1 fully saturated rings. The molecule has 1 heterocycles. The fourth-order valence-electron chi connectivity index (χ4n) is 2.73. The van der Waals surface area contributed by atoms with Gasteiger partial charge < -0.3 is 10.2 Å². The number of carbonyl (C=O) groups excluding carboxylic acids is 2. The third kappa shape index (κ3) is 4.31. The fraction of sp³-hybridized carbons (Fsp3) is 0.529. The summed E-state index contributed by atoms with van der Waals surface area (Å²) in [6.07, 6.45) is 2.35. The minimum atomic E-state index is 0.00437. The fourth-order valence-corrected chi connectivity index (χ4v) is 2.73. The van der Waals surface area contributed by atoms with Gasteiger partial charge in [0.05, 0.1) is 6.54 Å². The molecular weight excluding hydrogens is 278 g/mol. The third-order valence-electron chi connectivity index (χ3n) is 4.03. The highest BCUT2D eigenvalue weighted by Gasteiger charge is 2.15. The van der Waals surface area contributed by atoms with E-state index in [1.54, 1.807) is 29.2 Å². The van der Waals surface area contributed by atoms with Gasteiger partial charge >= 0.3 is 0 Å². The molecule has 0 aromatic heterocycles. The second kappa shape index (κ2) is 7.94. The van der Waals surface area contributed by atoms with E-state index in [9.17, 15) is 9.59 Å². The summed E-state index contributed by atoms with van der Waals surface area (Å²) < 4.78 is 0. The summed E-state index contributed by atoms with van der Waals surface area (Å²) in [6, 6.07) is 7.12. The van der Waals surface area contributed by atoms with Gasteiger partial charge in [0.25, 0.3) is 5.91 Å². The van der Waals surface area contributed by atoms with Crippen molar-refractivity contribution in [1.29, 1.82) is 0 Å². The first-order valence-corrected chi connectivity index (χ1v) is 8.05. The number of amides is 2. The maximum absolute atomic E-state index is 12.2. The lowest BCUT2D eigenvalue weighted by atomic mass is 10.1. The molecule has 1 saturated heterocycles. The van der Waals surface area contributed by atoms with Gasteiger partial charge in [-0.05, 0) is 64.0 Å². The molecule has 0 unspecified atom stereocenters. The van der Waals surface area contributed by atoms with Crippen molar-refractivity contribution in [3.05, 3.63) is 29.8 Å².